The van der Waals surface area contributed by atoms with Crippen LogP contribution in [0.4, 0.5) is 0 Å². The van der Waals surface area contributed by atoms with E-state index in [0.717, 1.165) is 0 Å². The number of thioether (sulfide) groups is 1. The molecule has 7 nitrogen and oxygen atoms in total. The van der Waals surface area contributed by atoms with E-state index in [2.05, 4.69) is 16.0 Å². The van der Waals surface area contributed by atoms with Crippen molar-refractivity contribution in [3.63, 3.8) is 0 Å². The van der Waals surface area contributed by atoms with Crippen LogP contribution in [-0.4, -0.2) is 54.1 Å². The second-order valence-corrected chi connectivity index (χ2v) is 7.12. The fourth-order valence-electron chi connectivity index (χ4n) is 1.62. The summed E-state index contributed by atoms with van der Waals surface area (Å²) >= 11 is 1.55. The molecule has 0 spiro atoms. The van der Waals surface area contributed by atoms with Crippen LogP contribution in [0.5, 0.6) is 0 Å². The third kappa shape index (κ3) is 18.8. The van der Waals surface area contributed by atoms with Crippen LogP contribution in [0.1, 0.15) is 60.3 Å². The minimum atomic E-state index is -0.208. The van der Waals surface area contributed by atoms with Crippen molar-refractivity contribution in [1.82, 2.24) is 16.0 Å². The van der Waals surface area contributed by atoms with E-state index < -0.39 is 0 Å². The molecule has 0 saturated heterocycles. The Hall–Kier alpha value is -1.57. The number of Topliss-reactive ketones (excluding diaryl/α,β-unsaturated/α-hetero) is 1. The van der Waals surface area contributed by atoms with Gasteiger partial charge in [-0.3, -0.25) is 19.2 Å². The van der Waals surface area contributed by atoms with Gasteiger partial charge in [0.1, 0.15) is 5.78 Å². The zero-order valence-corrected chi connectivity index (χ0v) is 17.6. The fourth-order valence-corrected chi connectivity index (χ4v) is 2.21. The van der Waals surface area contributed by atoms with Crippen molar-refractivity contribution in [3.8, 4) is 0 Å². The van der Waals surface area contributed by atoms with Crippen molar-refractivity contribution < 1.29 is 19.2 Å². The number of nitrogens with one attached hydrogen (secondary N) is 3. The molecule has 0 radical (unpaired) electrons. The topological polar surface area (TPSA) is 104 Å². The van der Waals surface area contributed by atoms with Crippen molar-refractivity contribution >= 4 is 35.3 Å². The summed E-state index contributed by atoms with van der Waals surface area (Å²) < 4.78 is 0. The number of carbonyl (C=O) groups excluding carboxylic acids is 4. The molecule has 26 heavy (non-hydrogen) atoms. The molecule has 0 aliphatic rings. The Morgan fingerprint density at radius 1 is 0.769 bits per heavy atom. The maximum atomic E-state index is 11.6. The van der Waals surface area contributed by atoms with E-state index in [-0.39, 0.29) is 49.4 Å². The van der Waals surface area contributed by atoms with Crippen LogP contribution >= 0.6 is 11.8 Å². The first-order valence-electron chi connectivity index (χ1n) is 9.28. The summed E-state index contributed by atoms with van der Waals surface area (Å²) in [5.41, 5.74) is 0. The van der Waals surface area contributed by atoms with Crippen molar-refractivity contribution in [2.75, 3.05) is 25.4 Å². The SMILES string of the molecule is CC.CCC(=O)CCNC(=O)CCNC(=O)CCNC(=O)CSC(C)C. The summed E-state index contributed by atoms with van der Waals surface area (Å²) in [6.45, 7) is 10.7. The molecule has 0 aromatic heterocycles. The van der Waals surface area contributed by atoms with Gasteiger partial charge in [-0.2, -0.15) is 0 Å². The predicted molar refractivity (Wildman–Crippen MR) is 107 cm³/mol. The van der Waals surface area contributed by atoms with Crippen LogP contribution in [-0.2, 0) is 19.2 Å². The molecule has 0 aromatic rings. The van der Waals surface area contributed by atoms with Gasteiger partial charge in [-0.25, -0.2) is 0 Å². The average Bonchev–Trinajstić information content (AvgIpc) is 2.61. The first kappa shape index (κ1) is 26.7. The molecule has 0 rings (SSSR count). The monoisotopic (exact) mass is 389 g/mol. The summed E-state index contributed by atoms with van der Waals surface area (Å²) in [5, 5.41) is 8.33. The maximum absolute atomic E-state index is 11.6. The van der Waals surface area contributed by atoms with Gasteiger partial charge in [0.05, 0.1) is 5.75 Å². The highest BCUT2D eigenvalue weighted by Crippen LogP contribution is 2.07. The molecule has 3 amide bonds. The van der Waals surface area contributed by atoms with Crippen molar-refractivity contribution in [3.05, 3.63) is 0 Å². The number of ketones is 1. The highest BCUT2D eigenvalue weighted by atomic mass is 32.2. The highest BCUT2D eigenvalue weighted by Gasteiger charge is 2.07. The number of rotatable bonds is 13. The first-order chi connectivity index (χ1) is 12.3. The van der Waals surface area contributed by atoms with Crippen LogP contribution in [0.15, 0.2) is 0 Å². The smallest absolute Gasteiger partial charge is 0.230 e. The lowest BCUT2D eigenvalue weighted by molar-refractivity contribution is -0.122. The summed E-state index contributed by atoms with van der Waals surface area (Å²) in [5.74, 6) is 0.0129. The van der Waals surface area contributed by atoms with E-state index in [1.54, 1.807) is 18.7 Å². The number of hydrogen-bond donors (Lipinski definition) is 3. The molecule has 0 aromatic carbocycles. The molecule has 8 heteroatoms. The fraction of sp³-hybridized carbons (Fsp3) is 0.778. The zero-order valence-electron chi connectivity index (χ0n) is 16.8. The highest BCUT2D eigenvalue weighted by molar-refractivity contribution is 8.00. The Morgan fingerprint density at radius 2 is 1.19 bits per heavy atom. The van der Waals surface area contributed by atoms with Crippen LogP contribution in [0, 0.1) is 0 Å². The molecule has 3 N–H and O–H groups in total. The van der Waals surface area contributed by atoms with Gasteiger partial charge in [-0.15, -0.1) is 11.8 Å². The second kappa shape index (κ2) is 18.2. The van der Waals surface area contributed by atoms with E-state index in [1.807, 2.05) is 27.7 Å². The van der Waals surface area contributed by atoms with Gasteiger partial charge in [0.25, 0.3) is 0 Å². The Bertz CT molecular complexity index is 429. The quantitative estimate of drug-likeness (QED) is 0.444. The van der Waals surface area contributed by atoms with Gasteiger partial charge in [0.2, 0.25) is 17.7 Å². The van der Waals surface area contributed by atoms with Gasteiger partial charge < -0.3 is 16.0 Å². The molecule has 0 atom stereocenters. The summed E-state index contributed by atoms with van der Waals surface area (Å²) in [4.78, 5) is 45.6. The largest absolute Gasteiger partial charge is 0.356 e. The summed E-state index contributed by atoms with van der Waals surface area (Å²) in [7, 11) is 0. The second-order valence-electron chi connectivity index (χ2n) is 5.55. The third-order valence-corrected chi connectivity index (χ3v) is 4.11. The van der Waals surface area contributed by atoms with Gasteiger partial charge in [0, 0.05) is 45.3 Å². The number of carbonyl (C=O) groups is 4. The van der Waals surface area contributed by atoms with Crippen molar-refractivity contribution in [2.45, 2.75) is 65.6 Å². The molecule has 0 unspecified atom stereocenters. The minimum Gasteiger partial charge on any atom is -0.356 e. The minimum absolute atomic E-state index is 0.0810. The molecule has 0 fully saturated rings. The molecule has 0 saturated carbocycles. The van der Waals surface area contributed by atoms with Crippen LogP contribution in [0.3, 0.4) is 0 Å². The number of amides is 3. The third-order valence-electron chi connectivity index (χ3n) is 3.02. The first-order valence-corrected chi connectivity index (χ1v) is 10.3. The Kier molecular flexibility index (Phi) is 18.7. The standard InChI is InChI=1S/C16H29N3O4S.C2H6/c1-4-13(20)5-8-17-14(21)6-9-18-15(22)7-10-19-16(23)11-24-12(2)3;1-2/h12H,4-11H2,1-3H3,(H,17,21)(H,18,22)(H,19,23);1-2H3. The lowest BCUT2D eigenvalue weighted by Gasteiger charge is -2.08. The summed E-state index contributed by atoms with van der Waals surface area (Å²) in [6, 6.07) is 0. The van der Waals surface area contributed by atoms with Crippen molar-refractivity contribution in [2.24, 2.45) is 0 Å². The molecule has 0 bridgehead atoms. The Balaban J connectivity index is 0. The molecular formula is C18H35N3O4S. The zero-order chi connectivity index (χ0) is 20.4. The normalized spacial score (nSPS) is 9.77. The van der Waals surface area contributed by atoms with E-state index in [1.165, 1.54) is 0 Å². The van der Waals surface area contributed by atoms with Gasteiger partial charge in [-0.1, -0.05) is 34.6 Å². The van der Waals surface area contributed by atoms with Crippen LogP contribution in [0.2, 0.25) is 0 Å². The van der Waals surface area contributed by atoms with Gasteiger partial charge >= 0.3 is 0 Å². The molecule has 0 aliphatic heterocycles. The Morgan fingerprint density at radius 3 is 1.62 bits per heavy atom. The predicted octanol–water partition coefficient (Wildman–Crippen LogP) is 1.65. The summed E-state index contributed by atoms with van der Waals surface area (Å²) in [6.07, 6.45) is 1.16. The lowest BCUT2D eigenvalue weighted by Crippen LogP contribution is -2.34. The maximum Gasteiger partial charge on any atom is 0.230 e. The van der Waals surface area contributed by atoms with E-state index in [4.69, 9.17) is 0 Å². The van der Waals surface area contributed by atoms with E-state index >= 15 is 0 Å². The van der Waals surface area contributed by atoms with Crippen LogP contribution in [0.25, 0.3) is 0 Å². The lowest BCUT2D eigenvalue weighted by atomic mass is 10.2. The molecule has 0 heterocycles. The van der Waals surface area contributed by atoms with Crippen LogP contribution < -0.4 is 16.0 Å². The number of hydrogen-bond acceptors (Lipinski definition) is 5. The van der Waals surface area contributed by atoms with Gasteiger partial charge in [-0.05, 0) is 5.25 Å². The molecule has 152 valence electrons. The van der Waals surface area contributed by atoms with E-state index in [9.17, 15) is 19.2 Å². The van der Waals surface area contributed by atoms with Gasteiger partial charge in [0.15, 0.2) is 0 Å². The molecule has 0 aliphatic carbocycles. The van der Waals surface area contributed by atoms with E-state index in [0.29, 0.717) is 30.4 Å². The van der Waals surface area contributed by atoms with Crippen molar-refractivity contribution in [1.29, 1.82) is 0 Å². The average molecular weight is 390 g/mol. The molecular weight excluding hydrogens is 354 g/mol. The Labute approximate surface area is 161 Å².